The Morgan fingerprint density at radius 1 is 1.47 bits per heavy atom. The summed E-state index contributed by atoms with van der Waals surface area (Å²) in [6.07, 6.45) is 10.8. The summed E-state index contributed by atoms with van der Waals surface area (Å²) in [4.78, 5) is 12.0. The Hall–Kier alpha value is -1.05. The molecule has 1 radical (unpaired) electrons. The van der Waals surface area contributed by atoms with E-state index in [0.717, 1.165) is 12.8 Å². The van der Waals surface area contributed by atoms with Gasteiger partial charge >= 0.3 is 5.97 Å². The standard InChI is InChI=1S/C17H25O2/c1-5-13(4)17(18)19-16-10-12(3)8-14-7-6-11(2)9-15(14)16/h6-9,11-13,15-16H,5,10H2,1-4H3. The van der Waals surface area contributed by atoms with E-state index >= 15 is 0 Å². The monoisotopic (exact) mass is 261 g/mol. The molecule has 2 aliphatic carbocycles. The van der Waals surface area contributed by atoms with Gasteiger partial charge in [-0.15, -0.1) is 0 Å². The van der Waals surface area contributed by atoms with Crippen LogP contribution in [0.1, 0.15) is 40.5 Å². The minimum absolute atomic E-state index is 0.00113. The van der Waals surface area contributed by atoms with Gasteiger partial charge in [0.1, 0.15) is 6.10 Å². The average molecular weight is 261 g/mol. The van der Waals surface area contributed by atoms with E-state index < -0.39 is 0 Å². The van der Waals surface area contributed by atoms with Crippen LogP contribution in [0.15, 0.2) is 23.8 Å². The van der Waals surface area contributed by atoms with Crippen molar-refractivity contribution in [2.45, 2.75) is 46.6 Å². The Morgan fingerprint density at radius 2 is 2.21 bits per heavy atom. The van der Waals surface area contributed by atoms with Crippen molar-refractivity contribution < 1.29 is 9.53 Å². The van der Waals surface area contributed by atoms with Gasteiger partial charge in [0, 0.05) is 5.92 Å². The highest BCUT2D eigenvalue weighted by molar-refractivity contribution is 5.72. The van der Waals surface area contributed by atoms with Gasteiger partial charge in [-0.3, -0.25) is 4.79 Å². The van der Waals surface area contributed by atoms with Crippen LogP contribution in [0.2, 0.25) is 0 Å². The lowest BCUT2D eigenvalue weighted by molar-refractivity contribution is -0.156. The molecule has 0 heterocycles. The Morgan fingerprint density at radius 3 is 2.89 bits per heavy atom. The van der Waals surface area contributed by atoms with Gasteiger partial charge in [0.05, 0.1) is 5.92 Å². The fourth-order valence-electron chi connectivity index (χ4n) is 2.84. The minimum atomic E-state index is -0.0449. The molecule has 0 aromatic heterocycles. The molecule has 0 bridgehead atoms. The maximum Gasteiger partial charge on any atom is 0.308 e. The van der Waals surface area contributed by atoms with E-state index in [1.807, 2.05) is 13.8 Å². The Balaban J connectivity index is 2.11. The van der Waals surface area contributed by atoms with Crippen molar-refractivity contribution >= 4 is 5.97 Å². The van der Waals surface area contributed by atoms with Crippen molar-refractivity contribution in [2.75, 3.05) is 0 Å². The van der Waals surface area contributed by atoms with Crippen LogP contribution in [0.5, 0.6) is 0 Å². The van der Waals surface area contributed by atoms with E-state index in [-0.39, 0.29) is 23.9 Å². The molecule has 105 valence electrons. The molecule has 0 N–H and O–H groups in total. The number of fused-ring (bicyclic) bond motifs is 1. The first-order valence-electron chi connectivity index (χ1n) is 7.46. The van der Waals surface area contributed by atoms with E-state index in [9.17, 15) is 4.79 Å². The fraction of sp³-hybridized carbons (Fsp3) is 0.647. The number of allylic oxidation sites excluding steroid dienone is 3. The molecule has 2 aliphatic rings. The lowest BCUT2D eigenvalue weighted by Gasteiger charge is -2.37. The van der Waals surface area contributed by atoms with Crippen LogP contribution in [0.25, 0.3) is 0 Å². The van der Waals surface area contributed by atoms with Crippen LogP contribution in [-0.4, -0.2) is 12.1 Å². The van der Waals surface area contributed by atoms with E-state index in [1.165, 1.54) is 5.57 Å². The van der Waals surface area contributed by atoms with Crippen LogP contribution in [-0.2, 0) is 9.53 Å². The van der Waals surface area contributed by atoms with E-state index in [4.69, 9.17) is 4.74 Å². The maximum atomic E-state index is 12.0. The number of hydrogen-bond acceptors (Lipinski definition) is 2. The molecular formula is C17H25O2. The SMILES string of the molecule is CCC(C)C(=O)OC1CC(C)C=C2C=CC(C)[CH]C21. The molecule has 5 unspecified atom stereocenters. The first-order chi connectivity index (χ1) is 9.01. The van der Waals surface area contributed by atoms with E-state index in [1.54, 1.807) is 0 Å². The highest BCUT2D eigenvalue weighted by Gasteiger charge is 2.35. The fourth-order valence-corrected chi connectivity index (χ4v) is 2.84. The van der Waals surface area contributed by atoms with Gasteiger partial charge in [-0.25, -0.2) is 0 Å². The van der Waals surface area contributed by atoms with Gasteiger partial charge in [-0.2, -0.15) is 0 Å². The summed E-state index contributed by atoms with van der Waals surface area (Å²) in [6, 6.07) is 0. The lowest BCUT2D eigenvalue weighted by atomic mass is 9.73. The zero-order valence-corrected chi connectivity index (χ0v) is 12.4. The number of carbonyl (C=O) groups excluding carboxylic acids is 1. The molecule has 2 nitrogen and oxygen atoms in total. The van der Waals surface area contributed by atoms with Gasteiger partial charge in [0.2, 0.25) is 0 Å². The van der Waals surface area contributed by atoms with Crippen LogP contribution in [0.3, 0.4) is 0 Å². The number of rotatable bonds is 3. The van der Waals surface area contributed by atoms with Crippen molar-refractivity contribution in [2.24, 2.45) is 23.7 Å². The Labute approximate surface area is 116 Å². The highest BCUT2D eigenvalue weighted by Crippen LogP contribution is 2.38. The van der Waals surface area contributed by atoms with Crippen molar-refractivity contribution in [3.63, 3.8) is 0 Å². The molecule has 2 rings (SSSR count). The molecule has 0 aromatic carbocycles. The Bertz CT molecular complexity index is 394. The summed E-state index contributed by atoms with van der Waals surface area (Å²) >= 11 is 0. The number of hydrogen-bond donors (Lipinski definition) is 0. The number of ether oxygens (including phenoxy) is 1. The molecule has 19 heavy (non-hydrogen) atoms. The van der Waals surface area contributed by atoms with Crippen molar-refractivity contribution in [1.29, 1.82) is 0 Å². The van der Waals surface area contributed by atoms with Crippen molar-refractivity contribution in [3.05, 3.63) is 30.2 Å². The predicted octanol–water partition coefficient (Wildman–Crippen LogP) is 3.94. The molecule has 2 heteroatoms. The zero-order chi connectivity index (χ0) is 14.0. The summed E-state index contributed by atoms with van der Waals surface area (Å²) in [6.45, 7) is 8.34. The van der Waals surface area contributed by atoms with Crippen molar-refractivity contribution in [1.82, 2.24) is 0 Å². The molecule has 0 amide bonds. The Kier molecular flexibility index (Phi) is 4.49. The molecule has 0 aliphatic heterocycles. The second-order valence-corrected chi connectivity index (χ2v) is 6.10. The van der Waals surface area contributed by atoms with E-state index in [0.29, 0.717) is 11.8 Å². The summed E-state index contributed by atoms with van der Waals surface area (Å²) in [5.74, 6) is 1.18. The lowest BCUT2D eigenvalue weighted by Crippen LogP contribution is -2.36. The molecule has 5 atom stereocenters. The first-order valence-corrected chi connectivity index (χ1v) is 7.46. The van der Waals surface area contributed by atoms with Gasteiger partial charge in [0.15, 0.2) is 0 Å². The quantitative estimate of drug-likeness (QED) is 0.719. The first kappa shape index (κ1) is 14.4. The molecule has 0 fully saturated rings. The molecular weight excluding hydrogens is 236 g/mol. The van der Waals surface area contributed by atoms with Crippen molar-refractivity contribution in [3.8, 4) is 0 Å². The topological polar surface area (TPSA) is 26.3 Å². The van der Waals surface area contributed by atoms with Gasteiger partial charge in [-0.1, -0.05) is 45.9 Å². The highest BCUT2D eigenvalue weighted by atomic mass is 16.5. The average Bonchev–Trinajstić information content (AvgIpc) is 2.38. The second-order valence-electron chi connectivity index (χ2n) is 6.10. The summed E-state index contributed by atoms with van der Waals surface area (Å²) in [7, 11) is 0. The van der Waals surface area contributed by atoms with Crippen LogP contribution >= 0.6 is 0 Å². The summed E-state index contributed by atoms with van der Waals surface area (Å²) < 4.78 is 5.79. The number of esters is 1. The van der Waals surface area contributed by atoms with Gasteiger partial charge in [-0.05, 0) is 36.7 Å². The van der Waals surface area contributed by atoms with Gasteiger partial charge < -0.3 is 4.74 Å². The smallest absolute Gasteiger partial charge is 0.308 e. The molecule has 0 spiro atoms. The maximum absolute atomic E-state index is 12.0. The largest absolute Gasteiger partial charge is 0.461 e. The third-order valence-corrected chi connectivity index (χ3v) is 4.25. The second kappa shape index (κ2) is 5.94. The zero-order valence-electron chi connectivity index (χ0n) is 12.4. The molecule has 0 aromatic rings. The third-order valence-electron chi connectivity index (χ3n) is 4.25. The summed E-state index contributed by atoms with van der Waals surface area (Å²) in [5.41, 5.74) is 1.32. The third kappa shape index (κ3) is 3.29. The number of carbonyl (C=O) groups is 1. The molecule has 0 saturated heterocycles. The van der Waals surface area contributed by atoms with Gasteiger partial charge in [0.25, 0.3) is 0 Å². The van der Waals surface area contributed by atoms with Crippen LogP contribution in [0.4, 0.5) is 0 Å². The van der Waals surface area contributed by atoms with Crippen LogP contribution in [0, 0.1) is 30.1 Å². The predicted molar refractivity (Wildman–Crippen MR) is 77.3 cm³/mol. The normalized spacial score (nSPS) is 35.3. The van der Waals surface area contributed by atoms with Crippen LogP contribution < -0.4 is 0 Å². The minimum Gasteiger partial charge on any atom is -0.461 e. The summed E-state index contributed by atoms with van der Waals surface area (Å²) in [5, 5.41) is 0. The van der Waals surface area contributed by atoms with E-state index in [2.05, 4.69) is 38.5 Å². The molecule has 0 saturated carbocycles.